The van der Waals surface area contributed by atoms with Crippen molar-refractivity contribution in [1.29, 1.82) is 0 Å². The van der Waals surface area contributed by atoms with E-state index in [1.807, 2.05) is 0 Å². The first kappa shape index (κ1) is 18.0. The average Bonchev–Trinajstić information content (AvgIpc) is 2.46. The van der Waals surface area contributed by atoms with Crippen LogP contribution >= 0.6 is 0 Å². The van der Waals surface area contributed by atoms with Crippen LogP contribution in [0.3, 0.4) is 0 Å². The minimum absolute atomic E-state index is 0.183. The Morgan fingerprint density at radius 3 is 1.95 bits per heavy atom. The fraction of sp³-hybridized carbons (Fsp3) is 0.647. The van der Waals surface area contributed by atoms with Crippen LogP contribution in [-0.2, 0) is 6.18 Å². The van der Waals surface area contributed by atoms with Crippen LogP contribution in [0.5, 0.6) is 0 Å². The first-order valence-electron chi connectivity index (χ1n) is 7.77. The monoisotopic (exact) mass is 301 g/mol. The van der Waals surface area contributed by atoms with Crippen LogP contribution in [0.4, 0.5) is 13.2 Å². The van der Waals surface area contributed by atoms with Crippen LogP contribution in [0, 0.1) is 0 Å². The minimum Gasteiger partial charge on any atom is -0.294 e. The molecule has 0 saturated heterocycles. The van der Waals surface area contributed by atoms with Gasteiger partial charge in [-0.2, -0.15) is 13.2 Å². The zero-order valence-corrected chi connectivity index (χ0v) is 13.4. The van der Waals surface area contributed by atoms with Crippen molar-refractivity contribution in [3.8, 4) is 0 Å². The van der Waals surface area contributed by atoms with E-state index in [9.17, 15) is 13.2 Å². The van der Waals surface area contributed by atoms with Gasteiger partial charge in [0.1, 0.15) is 0 Å². The largest absolute Gasteiger partial charge is 0.416 e. The molecule has 4 heteroatoms. The number of alkyl halides is 3. The second-order valence-corrected chi connectivity index (χ2v) is 5.54. The van der Waals surface area contributed by atoms with Crippen LogP contribution in [0.15, 0.2) is 24.3 Å². The summed E-state index contributed by atoms with van der Waals surface area (Å²) in [5.41, 5.74) is 0.394. The molecule has 1 unspecified atom stereocenters. The van der Waals surface area contributed by atoms with E-state index >= 15 is 0 Å². The van der Waals surface area contributed by atoms with Gasteiger partial charge < -0.3 is 0 Å². The zero-order valence-electron chi connectivity index (χ0n) is 13.4. The second-order valence-electron chi connectivity index (χ2n) is 5.54. The molecule has 0 N–H and O–H groups in total. The number of hydrogen-bond donors (Lipinski definition) is 0. The molecular formula is C17H26F3N. The lowest BCUT2D eigenvalue weighted by Crippen LogP contribution is -2.36. The highest BCUT2D eigenvalue weighted by Crippen LogP contribution is 2.32. The molecule has 1 aromatic rings. The van der Waals surface area contributed by atoms with Crippen LogP contribution in [-0.4, -0.2) is 17.5 Å². The van der Waals surface area contributed by atoms with Gasteiger partial charge >= 0.3 is 6.18 Å². The molecule has 0 spiro atoms. The number of halogens is 3. The third-order valence-corrected chi connectivity index (χ3v) is 4.05. The average molecular weight is 301 g/mol. The molecule has 0 radical (unpaired) electrons. The molecule has 0 bridgehead atoms. The third kappa shape index (κ3) is 4.73. The zero-order chi connectivity index (χ0) is 16.0. The summed E-state index contributed by atoms with van der Waals surface area (Å²) in [6.07, 6.45) is -1.28. The highest BCUT2D eigenvalue weighted by molar-refractivity contribution is 5.27. The molecule has 1 nitrogen and oxygen atoms in total. The summed E-state index contributed by atoms with van der Waals surface area (Å²) >= 11 is 0. The van der Waals surface area contributed by atoms with Gasteiger partial charge in [0.25, 0.3) is 0 Å². The number of rotatable bonds is 7. The molecule has 0 amide bonds. The molecular weight excluding hydrogens is 275 g/mol. The SMILES string of the molecule is CCCN(C(CC)c1ccc(C(F)(F)F)cc1)[C@@H](C)CC. The smallest absolute Gasteiger partial charge is 0.294 e. The van der Waals surface area contributed by atoms with Gasteiger partial charge in [-0.25, -0.2) is 0 Å². The lowest BCUT2D eigenvalue weighted by molar-refractivity contribution is -0.137. The second kappa shape index (κ2) is 7.83. The summed E-state index contributed by atoms with van der Waals surface area (Å²) in [4.78, 5) is 2.41. The maximum Gasteiger partial charge on any atom is 0.416 e. The lowest BCUT2D eigenvalue weighted by Gasteiger charge is -2.36. The first-order valence-corrected chi connectivity index (χ1v) is 7.77. The fourth-order valence-corrected chi connectivity index (χ4v) is 2.73. The summed E-state index contributed by atoms with van der Waals surface area (Å²) in [5.74, 6) is 0. The van der Waals surface area contributed by atoms with E-state index in [4.69, 9.17) is 0 Å². The summed E-state index contributed by atoms with van der Waals surface area (Å²) in [6.45, 7) is 9.52. The summed E-state index contributed by atoms with van der Waals surface area (Å²) in [6, 6.07) is 6.25. The Balaban J connectivity index is 3.02. The van der Waals surface area contributed by atoms with Crippen molar-refractivity contribution in [2.24, 2.45) is 0 Å². The van der Waals surface area contributed by atoms with Crippen molar-refractivity contribution >= 4 is 0 Å². The molecule has 1 rings (SSSR count). The van der Waals surface area contributed by atoms with E-state index in [-0.39, 0.29) is 6.04 Å². The Hall–Kier alpha value is -1.03. The molecule has 0 saturated carbocycles. The summed E-state index contributed by atoms with van der Waals surface area (Å²) in [7, 11) is 0. The van der Waals surface area contributed by atoms with Crippen molar-refractivity contribution in [2.45, 2.75) is 65.2 Å². The number of hydrogen-bond acceptors (Lipinski definition) is 1. The Labute approximate surface area is 126 Å². The molecule has 21 heavy (non-hydrogen) atoms. The molecule has 120 valence electrons. The van der Waals surface area contributed by atoms with E-state index in [1.54, 1.807) is 12.1 Å². The van der Waals surface area contributed by atoms with Crippen molar-refractivity contribution in [1.82, 2.24) is 4.90 Å². The molecule has 0 aliphatic heterocycles. The van der Waals surface area contributed by atoms with Gasteiger partial charge in [-0.3, -0.25) is 4.90 Å². The van der Waals surface area contributed by atoms with Gasteiger partial charge in [-0.15, -0.1) is 0 Å². The molecule has 0 aromatic heterocycles. The van der Waals surface area contributed by atoms with Crippen molar-refractivity contribution in [3.63, 3.8) is 0 Å². The molecule has 2 atom stereocenters. The molecule has 0 aliphatic carbocycles. The third-order valence-electron chi connectivity index (χ3n) is 4.05. The van der Waals surface area contributed by atoms with E-state index in [2.05, 4.69) is 32.6 Å². The maximum atomic E-state index is 12.7. The Morgan fingerprint density at radius 1 is 1.00 bits per heavy atom. The standard InChI is InChI=1S/C17H26F3N/c1-5-12-21(13(4)6-2)16(7-3)14-8-10-15(11-9-14)17(18,19)20/h8-11,13,16H,5-7,12H2,1-4H3/t13-,16?/m0/s1. The highest BCUT2D eigenvalue weighted by atomic mass is 19.4. The first-order chi connectivity index (χ1) is 9.85. The maximum absolute atomic E-state index is 12.7. The predicted molar refractivity (Wildman–Crippen MR) is 81.2 cm³/mol. The molecule has 0 aliphatic rings. The van der Waals surface area contributed by atoms with E-state index < -0.39 is 11.7 Å². The molecule has 1 aromatic carbocycles. The Bertz CT molecular complexity index is 411. The quantitative estimate of drug-likeness (QED) is 0.627. The Morgan fingerprint density at radius 2 is 1.57 bits per heavy atom. The van der Waals surface area contributed by atoms with Gasteiger partial charge in [0.15, 0.2) is 0 Å². The predicted octanol–water partition coefficient (Wildman–Crippen LogP) is 5.67. The fourth-order valence-electron chi connectivity index (χ4n) is 2.73. The van der Waals surface area contributed by atoms with E-state index in [1.165, 1.54) is 12.1 Å². The van der Waals surface area contributed by atoms with Crippen LogP contribution in [0.2, 0.25) is 0 Å². The topological polar surface area (TPSA) is 3.24 Å². The van der Waals surface area contributed by atoms with Gasteiger partial charge in [0, 0.05) is 12.1 Å². The molecule has 0 fully saturated rings. The number of benzene rings is 1. The van der Waals surface area contributed by atoms with E-state index in [0.29, 0.717) is 6.04 Å². The van der Waals surface area contributed by atoms with E-state index in [0.717, 1.165) is 31.4 Å². The van der Waals surface area contributed by atoms with Gasteiger partial charge in [-0.1, -0.05) is 32.9 Å². The Kier molecular flexibility index (Phi) is 6.72. The van der Waals surface area contributed by atoms with Crippen LogP contribution < -0.4 is 0 Å². The highest BCUT2D eigenvalue weighted by Gasteiger charge is 2.30. The van der Waals surface area contributed by atoms with Crippen LogP contribution in [0.25, 0.3) is 0 Å². The number of nitrogens with zero attached hydrogens (tertiary/aromatic N) is 1. The van der Waals surface area contributed by atoms with Gasteiger partial charge in [0.05, 0.1) is 5.56 Å². The minimum atomic E-state index is -4.26. The summed E-state index contributed by atoms with van der Waals surface area (Å²) < 4.78 is 38.0. The van der Waals surface area contributed by atoms with Gasteiger partial charge in [-0.05, 0) is 50.4 Å². The molecule has 0 heterocycles. The van der Waals surface area contributed by atoms with Crippen molar-refractivity contribution in [2.75, 3.05) is 6.54 Å². The van der Waals surface area contributed by atoms with Gasteiger partial charge in [0.2, 0.25) is 0 Å². The lowest BCUT2D eigenvalue weighted by atomic mass is 9.98. The van der Waals surface area contributed by atoms with Crippen molar-refractivity contribution in [3.05, 3.63) is 35.4 Å². The normalized spacial score (nSPS) is 15.2. The van der Waals surface area contributed by atoms with Crippen LogP contribution in [0.1, 0.15) is 64.1 Å². The van der Waals surface area contributed by atoms with Crippen molar-refractivity contribution < 1.29 is 13.2 Å². The summed E-state index contributed by atoms with van der Waals surface area (Å²) in [5, 5.41) is 0.